The Kier molecular flexibility index (Phi) is 8.31. The van der Waals surface area contributed by atoms with Crippen LogP contribution in [0.1, 0.15) is 0 Å². The Morgan fingerprint density at radius 2 is 2.08 bits per heavy atom. The predicted octanol–water partition coefficient (Wildman–Crippen LogP) is -3.14. The molecule has 0 aromatic rings. The van der Waals surface area contributed by atoms with Crippen molar-refractivity contribution >= 4 is 5.91 Å². The summed E-state index contributed by atoms with van der Waals surface area (Å²) in [6, 6.07) is 0. The molecule has 0 bridgehead atoms. The minimum atomic E-state index is -0.412. The first-order chi connectivity index (χ1) is 4.80. The largest absolute Gasteiger partial charge is 1.00 e. The molecule has 0 unspecified atom stereocenters. The van der Waals surface area contributed by atoms with Crippen molar-refractivity contribution in [2.75, 3.05) is 0 Å². The van der Waals surface area contributed by atoms with E-state index in [1.807, 2.05) is 0 Å². The van der Waals surface area contributed by atoms with E-state index in [1.54, 1.807) is 30.6 Å². The van der Waals surface area contributed by atoms with Crippen LogP contribution in [0.4, 0.5) is 0 Å². The van der Waals surface area contributed by atoms with E-state index in [9.17, 15) is 4.79 Å². The molecule has 0 atom stereocenters. The molecule has 4 N–H and O–H groups in total. The third kappa shape index (κ3) is 4.35. The Balaban J connectivity index is 0. The average Bonchev–Trinajstić information content (AvgIpc) is 2.12. The molecular weight excluding hydrogens is 167 g/mol. The van der Waals surface area contributed by atoms with Gasteiger partial charge in [0.05, 0.1) is 0 Å². The van der Waals surface area contributed by atoms with Gasteiger partial charge in [0, 0.05) is 18.0 Å². The van der Waals surface area contributed by atoms with Crippen molar-refractivity contribution in [1.29, 1.82) is 0 Å². The van der Waals surface area contributed by atoms with E-state index in [0.717, 1.165) is 0 Å². The quantitative estimate of drug-likeness (QED) is 0.414. The Morgan fingerprint density at radius 1 is 1.42 bits per heavy atom. The Morgan fingerprint density at radius 3 is 2.67 bits per heavy atom. The maximum atomic E-state index is 10.5. The van der Waals surface area contributed by atoms with Gasteiger partial charge in [-0.3, -0.25) is 4.79 Å². The molecule has 0 spiro atoms. The van der Waals surface area contributed by atoms with E-state index < -0.39 is 5.91 Å². The van der Waals surface area contributed by atoms with Crippen molar-refractivity contribution in [2.45, 2.75) is 0 Å². The molecule has 5 heteroatoms. The number of allylic oxidation sites excluding steroid dienone is 2. The summed E-state index contributed by atoms with van der Waals surface area (Å²) in [5.41, 5.74) is 5.52. The van der Waals surface area contributed by atoms with Gasteiger partial charge in [-0.1, -0.05) is 0 Å². The van der Waals surface area contributed by atoms with Gasteiger partial charge in [0.15, 0.2) is 0 Å². The first-order valence-corrected chi connectivity index (χ1v) is 2.90. The van der Waals surface area contributed by atoms with Crippen LogP contribution in [-0.4, -0.2) is 11.4 Å². The van der Waals surface area contributed by atoms with Crippen LogP contribution in [0.3, 0.4) is 0 Å². The molecule has 0 aliphatic carbocycles. The second kappa shape index (κ2) is 7.12. The molecule has 4 nitrogen and oxygen atoms in total. The molecule has 1 aliphatic rings. The summed E-state index contributed by atoms with van der Waals surface area (Å²) >= 11 is 0. The van der Waals surface area contributed by atoms with E-state index in [0.29, 0.717) is 5.57 Å². The zero-order chi connectivity index (χ0) is 7.40. The van der Waals surface area contributed by atoms with E-state index in [4.69, 9.17) is 5.73 Å². The first kappa shape index (κ1) is 14.0. The molecule has 0 aromatic carbocycles. The molecule has 0 aromatic heterocycles. The summed E-state index contributed by atoms with van der Waals surface area (Å²) in [5.74, 6) is -0.412. The van der Waals surface area contributed by atoms with E-state index in [-0.39, 0.29) is 35.0 Å². The van der Waals surface area contributed by atoms with Crippen LogP contribution in [0.15, 0.2) is 36.2 Å². The Bertz CT molecular complexity index is 234. The molecule has 0 radical (unpaired) electrons. The average molecular weight is 176 g/mol. The van der Waals surface area contributed by atoms with Gasteiger partial charge in [0.2, 0.25) is 5.91 Å². The van der Waals surface area contributed by atoms with Crippen LogP contribution in [0.5, 0.6) is 0 Å². The molecule has 0 fully saturated rings. The maximum Gasteiger partial charge on any atom is 1.00 e. The smallest absolute Gasteiger partial charge is 0.870 e. The van der Waals surface area contributed by atoms with Crippen LogP contribution in [0.2, 0.25) is 0 Å². The number of hydrogen-bond donors (Lipinski definition) is 2. The van der Waals surface area contributed by atoms with Crippen LogP contribution >= 0.6 is 0 Å². The summed E-state index contributed by atoms with van der Waals surface area (Å²) in [6.07, 6.45) is 8.37. The number of nitrogens with two attached hydrogens (primary N) is 1. The summed E-state index contributed by atoms with van der Waals surface area (Å²) < 4.78 is 0. The normalized spacial score (nSPS) is 12.8. The van der Waals surface area contributed by atoms with Crippen molar-refractivity contribution in [1.82, 2.24) is 5.32 Å². The van der Waals surface area contributed by atoms with Gasteiger partial charge in [0.25, 0.3) is 0 Å². The van der Waals surface area contributed by atoms with Gasteiger partial charge in [-0.05, 0) is 18.2 Å². The van der Waals surface area contributed by atoms with Crippen LogP contribution in [0, 0.1) is 0 Å². The van der Waals surface area contributed by atoms with E-state index >= 15 is 0 Å². The number of rotatable bonds is 1. The third-order valence-corrected chi connectivity index (χ3v) is 1.11. The van der Waals surface area contributed by atoms with Gasteiger partial charge in [-0.25, -0.2) is 0 Å². The fourth-order valence-electron chi connectivity index (χ4n) is 0.621. The topological polar surface area (TPSA) is 85.1 Å². The number of carbonyl (C=O) groups is 1. The van der Waals surface area contributed by atoms with E-state index in [1.165, 1.54) is 0 Å². The number of primary amides is 1. The summed E-state index contributed by atoms with van der Waals surface area (Å²) in [7, 11) is 0. The SMILES string of the molecule is NC(=O)C1=CC=CNC=C1.[Na+].[OH-]. The Labute approximate surface area is 92.8 Å². The molecule has 1 aliphatic heterocycles. The minimum absolute atomic E-state index is 0. The molecule has 1 amide bonds. The van der Waals surface area contributed by atoms with Gasteiger partial charge in [-0.15, -0.1) is 0 Å². The van der Waals surface area contributed by atoms with Gasteiger partial charge in [0.1, 0.15) is 0 Å². The molecule has 60 valence electrons. The number of amides is 1. The fraction of sp³-hybridized carbons (Fsp3) is 0. The van der Waals surface area contributed by atoms with Crippen molar-refractivity contribution in [3.05, 3.63) is 36.2 Å². The van der Waals surface area contributed by atoms with E-state index in [2.05, 4.69) is 5.32 Å². The zero-order valence-corrected chi connectivity index (χ0v) is 8.82. The second-order valence-electron chi connectivity index (χ2n) is 1.85. The molecular formula is C7H9N2NaO2. The number of nitrogens with one attached hydrogen (secondary N) is 1. The number of carbonyl (C=O) groups excluding carboxylic acids is 1. The molecule has 12 heavy (non-hydrogen) atoms. The summed E-state index contributed by atoms with van der Waals surface area (Å²) in [5, 5.41) is 2.81. The Hall–Kier alpha value is -0.550. The predicted molar refractivity (Wildman–Crippen MR) is 40.6 cm³/mol. The van der Waals surface area contributed by atoms with Crippen molar-refractivity contribution < 1.29 is 39.8 Å². The van der Waals surface area contributed by atoms with Crippen molar-refractivity contribution in [2.24, 2.45) is 5.73 Å². The van der Waals surface area contributed by atoms with Gasteiger partial charge in [-0.2, -0.15) is 0 Å². The maximum absolute atomic E-state index is 10.5. The van der Waals surface area contributed by atoms with Crippen molar-refractivity contribution in [3.8, 4) is 0 Å². The monoisotopic (exact) mass is 176 g/mol. The van der Waals surface area contributed by atoms with Gasteiger partial charge >= 0.3 is 29.6 Å². The zero-order valence-electron chi connectivity index (χ0n) is 6.82. The standard InChI is InChI=1S/C7H8N2O.Na.H2O/c8-7(10)6-2-1-4-9-5-3-6;;/h1-5,9H,(H2,8,10);;1H2/q;+1;/p-1. The molecule has 1 heterocycles. The fourth-order valence-corrected chi connectivity index (χ4v) is 0.621. The van der Waals surface area contributed by atoms with Crippen LogP contribution in [-0.2, 0) is 4.79 Å². The van der Waals surface area contributed by atoms with Crippen LogP contribution < -0.4 is 40.6 Å². The van der Waals surface area contributed by atoms with Gasteiger partial charge < -0.3 is 16.5 Å². The summed E-state index contributed by atoms with van der Waals surface area (Å²) in [4.78, 5) is 10.5. The second-order valence-corrected chi connectivity index (χ2v) is 1.85. The molecule has 0 saturated heterocycles. The summed E-state index contributed by atoms with van der Waals surface area (Å²) in [6.45, 7) is 0. The molecule has 1 rings (SSSR count). The third-order valence-electron chi connectivity index (χ3n) is 1.11. The van der Waals surface area contributed by atoms with Crippen LogP contribution in [0.25, 0.3) is 0 Å². The van der Waals surface area contributed by atoms with Crippen molar-refractivity contribution in [3.63, 3.8) is 0 Å². The number of hydrogen-bond acceptors (Lipinski definition) is 3. The molecule has 0 saturated carbocycles. The minimum Gasteiger partial charge on any atom is -0.870 e. The first-order valence-electron chi connectivity index (χ1n) is 2.90.